The summed E-state index contributed by atoms with van der Waals surface area (Å²) in [5, 5.41) is 6.76. The Morgan fingerprint density at radius 1 is 1.22 bits per heavy atom. The highest BCUT2D eigenvalue weighted by molar-refractivity contribution is 5.85. The second-order valence-corrected chi connectivity index (χ2v) is 7.92. The van der Waals surface area contributed by atoms with Crippen molar-refractivity contribution in [3.8, 4) is 0 Å². The van der Waals surface area contributed by atoms with Gasteiger partial charge >= 0.3 is 0 Å². The molecule has 3 unspecified atom stereocenters. The molecule has 27 heavy (non-hydrogen) atoms. The predicted octanol–water partition coefficient (Wildman–Crippen LogP) is 3.64. The summed E-state index contributed by atoms with van der Waals surface area (Å²) in [5.74, 6) is 1.36. The smallest absolute Gasteiger partial charge is 0.220 e. The minimum absolute atomic E-state index is 0. The molecule has 3 rings (SSSR count). The van der Waals surface area contributed by atoms with E-state index in [4.69, 9.17) is 0 Å². The maximum absolute atomic E-state index is 12.5. The molecule has 0 spiro atoms. The standard InChI is InChI=1S/C21H33N3O.2ClH/c1-17(19-9-5-11-22-14-19)13-21(25)23-20-10-6-12-24(16-20)15-18-7-3-2-4-8-18;;/h2-4,7-8,17,19-20,22H,5-6,9-16H2,1H3,(H,23,25);2*1H. The maximum atomic E-state index is 12.5. The molecule has 2 fully saturated rings. The van der Waals surface area contributed by atoms with Crippen LogP contribution in [0.25, 0.3) is 0 Å². The summed E-state index contributed by atoms with van der Waals surface area (Å²) in [6, 6.07) is 10.9. The second-order valence-electron chi connectivity index (χ2n) is 7.92. The molecular formula is C21H35Cl2N3O. The molecule has 6 heteroatoms. The molecule has 2 aliphatic rings. The van der Waals surface area contributed by atoms with E-state index in [0.29, 0.717) is 24.3 Å². The van der Waals surface area contributed by atoms with Gasteiger partial charge in [0.2, 0.25) is 5.91 Å². The third-order valence-electron chi connectivity index (χ3n) is 5.77. The van der Waals surface area contributed by atoms with E-state index in [-0.39, 0.29) is 30.7 Å². The van der Waals surface area contributed by atoms with E-state index in [0.717, 1.165) is 39.1 Å². The van der Waals surface area contributed by atoms with Gasteiger partial charge in [0.15, 0.2) is 0 Å². The number of carbonyl (C=O) groups is 1. The van der Waals surface area contributed by atoms with Gasteiger partial charge in [0.25, 0.3) is 0 Å². The average molecular weight is 416 g/mol. The van der Waals surface area contributed by atoms with Gasteiger partial charge in [-0.25, -0.2) is 0 Å². The highest BCUT2D eigenvalue weighted by atomic mass is 35.5. The van der Waals surface area contributed by atoms with Gasteiger partial charge in [-0.1, -0.05) is 37.3 Å². The van der Waals surface area contributed by atoms with E-state index < -0.39 is 0 Å². The molecule has 1 aromatic carbocycles. The van der Waals surface area contributed by atoms with Crippen molar-refractivity contribution in [1.82, 2.24) is 15.5 Å². The summed E-state index contributed by atoms with van der Waals surface area (Å²) >= 11 is 0. The maximum Gasteiger partial charge on any atom is 0.220 e. The van der Waals surface area contributed by atoms with Crippen LogP contribution < -0.4 is 10.6 Å². The monoisotopic (exact) mass is 415 g/mol. The van der Waals surface area contributed by atoms with Crippen molar-refractivity contribution in [2.24, 2.45) is 11.8 Å². The van der Waals surface area contributed by atoms with Crippen LogP contribution in [-0.2, 0) is 11.3 Å². The van der Waals surface area contributed by atoms with Gasteiger partial charge in [0.1, 0.15) is 0 Å². The molecule has 0 bridgehead atoms. The lowest BCUT2D eigenvalue weighted by molar-refractivity contribution is -0.123. The molecule has 0 radical (unpaired) electrons. The van der Waals surface area contributed by atoms with Crippen LogP contribution in [0.1, 0.15) is 44.6 Å². The van der Waals surface area contributed by atoms with Crippen molar-refractivity contribution in [3.63, 3.8) is 0 Å². The summed E-state index contributed by atoms with van der Waals surface area (Å²) in [5.41, 5.74) is 1.35. The molecule has 1 amide bonds. The van der Waals surface area contributed by atoms with Crippen molar-refractivity contribution in [1.29, 1.82) is 0 Å². The van der Waals surface area contributed by atoms with E-state index in [9.17, 15) is 4.79 Å². The molecule has 0 saturated carbocycles. The van der Waals surface area contributed by atoms with Gasteiger partial charge in [0, 0.05) is 25.6 Å². The van der Waals surface area contributed by atoms with Crippen LogP contribution in [0.3, 0.4) is 0 Å². The Morgan fingerprint density at radius 2 is 2.00 bits per heavy atom. The van der Waals surface area contributed by atoms with E-state index in [1.807, 2.05) is 0 Å². The number of piperidine rings is 2. The zero-order valence-electron chi connectivity index (χ0n) is 16.4. The number of likely N-dealkylation sites (tertiary alicyclic amines) is 1. The molecular weight excluding hydrogens is 381 g/mol. The number of hydrogen-bond acceptors (Lipinski definition) is 3. The van der Waals surface area contributed by atoms with Gasteiger partial charge in [-0.05, 0) is 62.7 Å². The van der Waals surface area contributed by atoms with Crippen LogP contribution in [0.2, 0.25) is 0 Å². The summed E-state index contributed by atoms with van der Waals surface area (Å²) in [6.45, 7) is 7.53. The largest absolute Gasteiger partial charge is 0.352 e. The zero-order valence-corrected chi connectivity index (χ0v) is 18.0. The van der Waals surface area contributed by atoms with Crippen LogP contribution in [0.4, 0.5) is 0 Å². The SMILES string of the molecule is CC(CC(=O)NC1CCCN(Cc2ccccc2)C1)C1CCCNC1.Cl.Cl. The first kappa shape index (κ1) is 24.2. The number of benzene rings is 1. The normalized spacial score (nSPS) is 24.2. The van der Waals surface area contributed by atoms with Gasteiger partial charge in [-0.3, -0.25) is 9.69 Å². The van der Waals surface area contributed by atoms with E-state index in [2.05, 4.69) is 52.8 Å². The van der Waals surface area contributed by atoms with Gasteiger partial charge in [-0.2, -0.15) is 0 Å². The van der Waals surface area contributed by atoms with Crippen molar-refractivity contribution in [2.75, 3.05) is 26.2 Å². The molecule has 3 atom stereocenters. The Hall–Kier alpha value is -0.810. The van der Waals surface area contributed by atoms with E-state index >= 15 is 0 Å². The number of carbonyl (C=O) groups excluding carboxylic acids is 1. The predicted molar refractivity (Wildman–Crippen MR) is 117 cm³/mol. The topological polar surface area (TPSA) is 44.4 Å². The summed E-state index contributed by atoms with van der Waals surface area (Å²) in [4.78, 5) is 14.9. The number of nitrogens with one attached hydrogen (secondary N) is 2. The van der Waals surface area contributed by atoms with Gasteiger partial charge < -0.3 is 10.6 Å². The first-order valence-electron chi connectivity index (χ1n) is 9.97. The summed E-state index contributed by atoms with van der Waals surface area (Å²) in [6.07, 6.45) is 5.45. The average Bonchev–Trinajstić information content (AvgIpc) is 2.63. The van der Waals surface area contributed by atoms with Crippen LogP contribution in [0.15, 0.2) is 30.3 Å². The van der Waals surface area contributed by atoms with Crippen LogP contribution >= 0.6 is 24.8 Å². The zero-order chi connectivity index (χ0) is 17.5. The fourth-order valence-corrected chi connectivity index (χ4v) is 4.27. The lowest BCUT2D eigenvalue weighted by Gasteiger charge is -2.34. The Bertz CT molecular complexity index is 537. The third-order valence-corrected chi connectivity index (χ3v) is 5.77. The van der Waals surface area contributed by atoms with Crippen LogP contribution in [0, 0.1) is 11.8 Å². The lowest BCUT2D eigenvalue weighted by atomic mass is 9.85. The second kappa shape index (κ2) is 12.6. The molecule has 2 N–H and O–H groups in total. The number of nitrogens with zero attached hydrogens (tertiary/aromatic N) is 1. The van der Waals surface area contributed by atoms with Crippen molar-refractivity contribution in [2.45, 2.75) is 51.6 Å². The fourth-order valence-electron chi connectivity index (χ4n) is 4.27. The first-order chi connectivity index (χ1) is 12.2. The number of halogens is 2. The van der Waals surface area contributed by atoms with E-state index in [1.165, 1.54) is 24.8 Å². The Balaban J connectivity index is 0.00000182. The number of rotatable bonds is 6. The highest BCUT2D eigenvalue weighted by Crippen LogP contribution is 2.22. The highest BCUT2D eigenvalue weighted by Gasteiger charge is 2.25. The minimum Gasteiger partial charge on any atom is -0.352 e. The molecule has 2 aliphatic heterocycles. The molecule has 2 saturated heterocycles. The van der Waals surface area contributed by atoms with Gasteiger partial charge in [0.05, 0.1) is 0 Å². The number of hydrogen-bond donors (Lipinski definition) is 2. The fraction of sp³-hybridized carbons (Fsp3) is 0.667. The van der Waals surface area contributed by atoms with Gasteiger partial charge in [-0.15, -0.1) is 24.8 Å². The minimum atomic E-state index is 0. The lowest BCUT2D eigenvalue weighted by Crippen LogP contribution is -2.48. The molecule has 154 valence electrons. The van der Waals surface area contributed by atoms with Crippen LogP contribution in [0.5, 0.6) is 0 Å². The molecule has 1 aromatic rings. The third kappa shape index (κ3) is 7.98. The quantitative estimate of drug-likeness (QED) is 0.744. The molecule has 2 heterocycles. The summed E-state index contributed by atoms with van der Waals surface area (Å²) in [7, 11) is 0. The Kier molecular flexibility index (Phi) is 11.3. The summed E-state index contributed by atoms with van der Waals surface area (Å²) < 4.78 is 0. The first-order valence-corrected chi connectivity index (χ1v) is 9.97. The molecule has 0 aliphatic carbocycles. The van der Waals surface area contributed by atoms with E-state index in [1.54, 1.807) is 0 Å². The Morgan fingerprint density at radius 3 is 2.70 bits per heavy atom. The van der Waals surface area contributed by atoms with Crippen molar-refractivity contribution in [3.05, 3.63) is 35.9 Å². The van der Waals surface area contributed by atoms with Crippen molar-refractivity contribution < 1.29 is 4.79 Å². The van der Waals surface area contributed by atoms with Crippen molar-refractivity contribution >= 4 is 30.7 Å². The van der Waals surface area contributed by atoms with Crippen LogP contribution in [-0.4, -0.2) is 43.0 Å². The molecule has 0 aromatic heterocycles. The Labute approximate surface area is 176 Å². The molecule has 4 nitrogen and oxygen atoms in total. The number of amides is 1.